The van der Waals surface area contributed by atoms with E-state index in [-0.39, 0.29) is 22.6 Å². The summed E-state index contributed by atoms with van der Waals surface area (Å²) in [5.74, 6) is -1.50. The van der Waals surface area contributed by atoms with Crippen LogP contribution < -0.4 is 5.32 Å². The van der Waals surface area contributed by atoms with E-state index in [1.165, 1.54) is 0 Å². The van der Waals surface area contributed by atoms with Gasteiger partial charge in [0.25, 0.3) is 15.0 Å². The molecule has 0 aromatic heterocycles. The van der Waals surface area contributed by atoms with Gasteiger partial charge in [0.1, 0.15) is 5.82 Å². The van der Waals surface area contributed by atoms with Gasteiger partial charge < -0.3 is 10.1 Å². The summed E-state index contributed by atoms with van der Waals surface area (Å²) in [6.07, 6.45) is 1.51. The lowest BCUT2D eigenvalue weighted by Crippen LogP contribution is -2.48. The van der Waals surface area contributed by atoms with Crippen molar-refractivity contribution < 1.29 is 22.3 Å². The molecule has 8 heteroatoms. The first kappa shape index (κ1) is 16.2. The summed E-state index contributed by atoms with van der Waals surface area (Å²) < 4.78 is 41.3. The van der Waals surface area contributed by atoms with Crippen LogP contribution in [0.5, 0.6) is 0 Å². The SMILES string of the molecule is CCOC1CC(NC(=O)c2ccc(S(=O)(=O)Cl)cc2F)C1. The van der Waals surface area contributed by atoms with Crippen molar-refractivity contribution in [3.05, 3.63) is 29.6 Å². The predicted octanol–water partition coefficient (Wildman–Crippen LogP) is 2.05. The molecule has 2 rings (SSSR count). The molecule has 0 radical (unpaired) electrons. The van der Waals surface area contributed by atoms with E-state index in [1.54, 1.807) is 0 Å². The van der Waals surface area contributed by atoms with Gasteiger partial charge in [0.05, 0.1) is 16.6 Å². The van der Waals surface area contributed by atoms with Crippen LogP contribution in [0.25, 0.3) is 0 Å². The molecule has 1 aromatic rings. The smallest absolute Gasteiger partial charge is 0.261 e. The molecule has 116 valence electrons. The summed E-state index contributed by atoms with van der Waals surface area (Å²) in [6, 6.07) is 2.90. The lowest BCUT2D eigenvalue weighted by Gasteiger charge is -2.35. The van der Waals surface area contributed by atoms with Gasteiger partial charge in [0, 0.05) is 23.3 Å². The van der Waals surface area contributed by atoms with Crippen LogP contribution in [0.15, 0.2) is 23.1 Å². The Balaban J connectivity index is 2.01. The number of benzene rings is 1. The van der Waals surface area contributed by atoms with E-state index in [2.05, 4.69) is 5.32 Å². The standard InChI is InChI=1S/C13H15ClFNO4S/c1-2-20-9-5-8(6-9)16-13(17)11-4-3-10(7-12(11)15)21(14,18)19/h3-4,7-9H,2,5-6H2,1H3,(H,16,17). The van der Waals surface area contributed by atoms with Crippen molar-refractivity contribution in [1.82, 2.24) is 5.32 Å². The summed E-state index contributed by atoms with van der Waals surface area (Å²) >= 11 is 0. The Bertz CT molecular complexity index is 644. The topological polar surface area (TPSA) is 72.5 Å². The molecule has 1 amide bonds. The number of carbonyl (C=O) groups is 1. The summed E-state index contributed by atoms with van der Waals surface area (Å²) in [4.78, 5) is 11.5. The van der Waals surface area contributed by atoms with Gasteiger partial charge in [-0.05, 0) is 38.0 Å². The summed E-state index contributed by atoms with van der Waals surface area (Å²) in [5, 5.41) is 2.68. The van der Waals surface area contributed by atoms with Gasteiger partial charge in [-0.15, -0.1) is 0 Å². The molecule has 0 unspecified atom stereocenters. The van der Waals surface area contributed by atoms with Gasteiger partial charge in [0.15, 0.2) is 0 Å². The van der Waals surface area contributed by atoms with E-state index in [0.29, 0.717) is 19.4 Å². The minimum absolute atomic E-state index is 0.0510. The summed E-state index contributed by atoms with van der Waals surface area (Å²) in [6.45, 7) is 2.52. The Labute approximate surface area is 126 Å². The Hall–Kier alpha value is -1.18. The zero-order valence-electron chi connectivity index (χ0n) is 11.3. The Morgan fingerprint density at radius 2 is 2.14 bits per heavy atom. The third kappa shape index (κ3) is 3.93. The van der Waals surface area contributed by atoms with Crippen LogP contribution in [0.4, 0.5) is 4.39 Å². The van der Waals surface area contributed by atoms with Gasteiger partial charge in [-0.3, -0.25) is 4.79 Å². The molecule has 5 nitrogen and oxygen atoms in total. The van der Waals surface area contributed by atoms with Crippen LogP contribution in [0, 0.1) is 5.82 Å². The number of halogens is 2. The number of nitrogens with one attached hydrogen (secondary N) is 1. The third-order valence-corrected chi connectivity index (χ3v) is 4.65. The van der Waals surface area contributed by atoms with E-state index in [1.807, 2.05) is 6.92 Å². The normalized spacial score (nSPS) is 21.7. The van der Waals surface area contributed by atoms with E-state index in [0.717, 1.165) is 18.2 Å². The van der Waals surface area contributed by atoms with Gasteiger partial charge in [-0.1, -0.05) is 0 Å². The first-order valence-electron chi connectivity index (χ1n) is 6.48. The van der Waals surface area contributed by atoms with Crippen LogP contribution in [0.1, 0.15) is 30.1 Å². The fourth-order valence-corrected chi connectivity index (χ4v) is 2.91. The monoisotopic (exact) mass is 335 g/mol. The minimum atomic E-state index is -4.01. The largest absolute Gasteiger partial charge is 0.378 e. The van der Waals surface area contributed by atoms with E-state index >= 15 is 0 Å². The van der Waals surface area contributed by atoms with E-state index < -0.39 is 20.8 Å². The molecule has 0 spiro atoms. The lowest BCUT2D eigenvalue weighted by molar-refractivity contribution is -0.00865. The molecule has 1 aliphatic rings. The van der Waals surface area contributed by atoms with Crippen molar-refractivity contribution in [2.75, 3.05) is 6.61 Å². The van der Waals surface area contributed by atoms with Crippen LogP contribution in [0.2, 0.25) is 0 Å². The fraction of sp³-hybridized carbons (Fsp3) is 0.462. The number of carbonyl (C=O) groups excluding carboxylic acids is 1. The number of rotatable bonds is 5. The van der Waals surface area contributed by atoms with Crippen LogP contribution in [-0.4, -0.2) is 33.1 Å². The molecule has 0 atom stereocenters. The molecule has 0 bridgehead atoms. The Morgan fingerprint density at radius 3 is 2.67 bits per heavy atom. The average molecular weight is 336 g/mol. The van der Waals surface area contributed by atoms with Gasteiger partial charge in [-0.2, -0.15) is 0 Å². The molecule has 1 aliphatic carbocycles. The highest BCUT2D eigenvalue weighted by atomic mass is 35.7. The Kier molecular flexibility index (Phi) is 4.85. The van der Waals surface area contributed by atoms with Gasteiger partial charge >= 0.3 is 0 Å². The molecular weight excluding hydrogens is 321 g/mol. The lowest BCUT2D eigenvalue weighted by atomic mass is 9.89. The number of amides is 1. The molecule has 0 heterocycles. The zero-order valence-corrected chi connectivity index (χ0v) is 12.9. The van der Waals surface area contributed by atoms with E-state index in [9.17, 15) is 17.6 Å². The van der Waals surface area contributed by atoms with Crippen molar-refractivity contribution in [1.29, 1.82) is 0 Å². The van der Waals surface area contributed by atoms with Crippen molar-refractivity contribution in [3.63, 3.8) is 0 Å². The Morgan fingerprint density at radius 1 is 1.48 bits per heavy atom. The van der Waals surface area contributed by atoms with Crippen molar-refractivity contribution >= 4 is 25.6 Å². The second-order valence-electron chi connectivity index (χ2n) is 4.80. The molecule has 1 aromatic carbocycles. The maximum absolute atomic E-state index is 13.8. The molecule has 21 heavy (non-hydrogen) atoms. The maximum Gasteiger partial charge on any atom is 0.261 e. The molecule has 1 fully saturated rings. The van der Waals surface area contributed by atoms with Gasteiger partial charge in [0.2, 0.25) is 0 Å². The van der Waals surface area contributed by atoms with Crippen molar-refractivity contribution in [2.24, 2.45) is 0 Å². The molecule has 0 aliphatic heterocycles. The second kappa shape index (κ2) is 6.29. The highest BCUT2D eigenvalue weighted by Crippen LogP contribution is 2.24. The van der Waals surface area contributed by atoms with E-state index in [4.69, 9.17) is 15.4 Å². The highest BCUT2D eigenvalue weighted by molar-refractivity contribution is 8.13. The fourth-order valence-electron chi connectivity index (χ4n) is 2.15. The zero-order chi connectivity index (χ0) is 15.6. The number of hydrogen-bond acceptors (Lipinski definition) is 4. The predicted molar refractivity (Wildman–Crippen MR) is 75.3 cm³/mol. The van der Waals surface area contributed by atoms with Crippen molar-refractivity contribution in [3.8, 4) is 0 Å². The summed E-state index contributed by atoms with van der Waals surface area (Å²) in [5.41, 5.74) is -0.209. The molecule has 1 saturated carbocycles. The van der Waals surface area contributed by atoms with Crippen LogP contribution in [0.3, 0.4) is 0 Å². The quantitative estimate of drug-likeness (QED) is 0.836. The van der Waals surface area contributed by atoms with Gasteiger partial charge in [-0.25, -0.2) is 12.8 Å². The van der Waals surface area contributed by atoms with Crippen LogP contribution >= 0.6 is 10.7 Å². The maximum atomic E-state index is 13.8. The minimum Gasteiger partial charge on any atom is -0.378 e. The molecule has 1 N–H and O–H groups in total. The first-order valence-corrected chi connectivity index (χ1v) is 8.79. The molecular formula is C13H15ClFNO4S. The third-order valence-electron chi connectivity index (χ3n) is 3.30. The van der Waals surface area contributed by atoms with Crippen molar-refractivity contribution in [2.45, 2.75) is 36.8 Å². The highest BCUT2D eigenvalue weighted by Gasteiger charge is 2.31. The van der Waals surface area contributed by atoms with Crippen LogP contribution in [-0.2, 0) is 13.8 Å². The second-order valence-corrected chi connectivity index (χ2v) is 7.36. The number of ether oxygens (including phenoxy) is 1. The molecule has 0 saturated heterocycles. The number of hydrogen-bond donors (Lipinski definition) is 1. The average Bonchev–Trinajstić information content (AvgIpc) is 2.34. The summed E-state index contributed by atoms with van der Waals surface area (Å²) in [7, 11) is 1.10. The first-order chi connectivity index (χ1) is 9.81.